The van der Waals surface area contributed by atoms with Crippen molar-refractivity contribution in [1.82, 2.24) is 30.4 Å². The van der Waals surface area contributed by atoms with Crippen LogP contribution in [-0.2, 0) is 14.2 Å². The Morgan fingerprint density at radius 3 is 1.33 bits per heavy atom. The molecule has 0 unspecified atom stereocenters. The molecule has 3 aromatic heterocycles. The van der Waals surface area contributed by atoms with Crippen molar-refractivity contribution in [2.75, 3.05) is 130 Å². The number of piperazine rings is 1. The number of rotatable bonds is 8. The first-order chi connectivity index (χ1) is 26.8. The summed E-state index contributed by atoms with van der Waals surface area (Å²) < 4.78 is 16.9. The smallest absolute Gasteiger partial charge is 0.225 e. The fourth-order valence-corrected chi connectivity index (χ4v) is 7.53. The summed E-state index contributed by atoms with van der Waals surface area (Å²) in [6.45, 7) is 12.4. The van der Waals surface area contributed by atoms with E-state index in [-0.39, 0.29) is 0 Å². The van der Waals surface area contributed by atoms with E-state index < -0.39 is 0 Å². The van der Waals surface area contributed by atoms with Crippen molar-refractivity contribution in [2.45, 2.75) is 0 Å². The summed E-state index contributed by atoms with van der Waals surface area (Å²) in [5, 5.41) is 18.9. The van der Waals surface area contributed by atoms with Gasteiger partial charge in [-0.2, -0.15) is 0 Å². The van der Waals surface area contributed by atoms with E-state index in [1.54, 1.807) is 0 Å². The van der Waals surface area contributed by atoms with E-state index in [2.05, 4.69) is 83.2 Å². The highest BCUT2D eigenvalue weighted by Gasteiger charge is 2.27. The Morgan fingerprint density at radius 2 is 0.815 bits per heavy atom. The van der Waals surface area contributed by atoms with Gasteiger partial charge >= 0.3 is 0 Å². The first-order valence-electron chi connectivity index (χ1n) is 19.0. The molecule has 54 heavy (non-hydrogen) atoms. The lowest BCUT2D eigenvalue weighted by molar-refractivity contribution is 0.120. The number of aromatic nitrogens is 6. The summed E-state index contributed by atoms with van der Waals surface area (Å²) in [6.07, 6.45) is 3.84. The van der Waals surface area contributed by atoms with Crippen LogP contribution in [0.4, 0.5) is 29.0 Å². The van der Waals surface area contributed by atoms with E-state index >= 15 is 0 Å². The summed E-state index contributed by atoms with van der Waals surface area (Å²) in [6, 6.07) is 23.0. The van der Waals surface area contributed by atoms with Gasteiger partial charge in [-0.1, -0.05) is 54.6 Å². The summed E-state index contributed by atoms with van der Waals surface area (Å²) in [4.78, 5) is 21.2. The Bertz CT molecular complexity index is 1990. The Morgan fingerprint density at radius 1 is 0.389 bits per heavy atom. The van der Waals surface area contributed by atoms with E-state index in [0.29, 0.717) is 39.6 Å². The second-order valence-corrected chi connectivity index (χ2v) is 13.9. The van der Waals surface area contributed by atoms with Crippen molar-refractivity contribution < 1.29 is 14.2 Å². The molecule has 0 bridgehead atoms. The fraction of sp³-hybridized carbons (Fsp3) is 0.400. The molecule has 0 aliphatic carbocycles. The number of ether oxygens (including phenoxy) is 3. The van der Waals surface area contributed by atoms with E-state index in [4.69, 9.17) is 34.4 Å². The number of nitrogens with zero attached hydrogens (tertiary/aromatic N) is 11. The maximum atomic E-state index is 5.66. The van der Waals surface area contributed by atoms with Crippen molar-refractivity contribution in [3.8, 4) is 33.6 Å². The minimum atomic E-state index is 0.700. The molecular formula is C40H45N11O3. The molecule has 4 saturated heterocycles. The highest BCUT2D eigenvalue weighted by molar-refractivity contribution is 5.76. The third-order valence-corrected chi connectivity index (χ3v) is 10.6. The van der Waals surface area contributed by atoms with Gasteiger partial charge in [-0.25, -0.2) is 9.97 Å². The van der Waals surface area contributed by atoms with Gasteiger partial charge in [0.1, 0.15) is 0 Å². The topological polar surface area (TPSA) is 121 Å². The van der Waals surface area contributed by atoms with Gasteiger partial charge in [0.2, 0.25) is 5.95 Å². The highest BCUT2D eigenvalue weighted by Crippen LogP contribution is 2.34. The largest absolute Gasteiger partial charge is 0.378 e. The number of anilines is 5. The van der Waals surface area contributed by atoms with Crippen LogP contribution >= 0.6 is 0 Å². The summed E-state index contributed by atoms with van der Waals surface area (Å²) >= 11 is 0. The Kier molecular flexibility index (Phi) is 10.1. The van der Waals surface area contributed by atoms with Crippen molar-refractivity contribution >= 4 is 29.0 Å². The van der Waals surface area contributed by atoms with Gasteiger partial charge in [-0.05, 0) is 17.7 Å². The molecule has 7 heterocycles. The van der Waals surface area contributed by atoms with E-state index in [1.807, 2.05) is 30.6 Å². The van der Waals surface area contributed by atoms with Gasteiger partial charge in [-0.15, -0.1) is 20.4 Å². The predicted molar refractivity (Wildman–Crippen MR) is 209 cm³/mol. The first kappa shape index (κ1) is 34.3. The fourth-order valence-electron chi connectivity index (χ4n) is 7.53. The molecule has 0 N–H and O–H groups in total. The lowest BCUT2D eigenvalue weighted by Crippen LogP contribution is -2.48. The van der Waals surface area contributed by atoms with E-state index in [1.165, 1.54) is 0 Å². The normalized spacial score (nSPS) is 18.3. The van der Waals surface area contributed by atoms with Gasteiger partial charge in [-0.3, -0.25) is 0 Å². The lowest BCUT2D eigenvalue weighted by Gasteiger charge is -2.38. The van der Waals surface area contributed by atoms with Crippen molar-refractivity contribution in [3.05, 3.63) is 79.1 Å². The molecular weight excluding hydrogens is 683 g/mol. The molecule has 4 fully saturated rings. The van der Waals surface area contributed by atoms with E-state index in [0.717, 1.165) is 128 Å². The molecule has 0 saturated carbocycles. The second-order valence-electron chi connectivity index (χ2n) is 13.9. The molecule has 0 radical (unpaired) electrons. The maximum Gasteiger partial charge on any atom is 0.225 e. The van der Waals surface area contributed by atoms with E-state index in [9.17, 15) is 0 Å². The third-order valence-electron chi connectivity index (χ3n) is 10.6. The van der Waals surface area contributed by atoms with Crippen molar-refractivity contribution in [2.24, 2.45) is 0 Å². The molecule has 0 spiro atoms. The summed E-state index contributed by atoms with van der Waals surface area (Å²) in [5.41, 5.74) is 8.04. The monoisotopic (exact) mass is 727 g/mol. The molecule has 14 heteroatoms. The van der Waals surface area contributed by atoms with Crippen LogP contribution in [0, 0.1) is 0 Å². The molecule has 9 rings (SSSR count). The Balaban J connectivity index is 0.873. The molecule has 278 valence electrons. The molecule has 0 atom stereocenters. The quantitative estimate of drug-likeness (QED) is 0.230. The Labute approximate surface area is 315 Å². The minimum Gasteiger partial charge on any atom is -0.378 e. The minimum absolute atomic E-state index is 0.700. The zero-order valence-corrected chi connectivity index (χ0v) is 30.5. The SMILES string of the molecule is c1ccc(-c2cc(N3CCOCC3)c(N3CCN(c4ncc(-c5ccc(-c6cc(N7CCOCC7)c(N7CCOCC7)nn6)cc5)cn4)CC3)nn2)cc1. The van der Waals surface area contributed by atoms with Crippen molar-refractivity contribution in [3.63, 3.8) is 0 Å². The summed E-state index contributed by atoms with van der Waals surface area (Å²) in [7, 11) is 0. The molecule has 14 nitrogen and oxygen atoms in total. The molecule has 0 amide bonds. The van der Waals surface area contributed by atoms with Gasteiger partial charge < -0.3 is 38.7 Å². The highest BCUT2D eigenvalue weighted by atomic mass is 16.5. The standard InChI is InChI=1S/C40H45N11O3/c1-2-4-31(5-3-1)34-26-36(47-14-20-52-21-15-47)38(45-43-34)49-10-12-51(13-11-49)40-41-28-33(29-42-40)30-6-8-32(9-7-30)35-27-37(48-16-22-53-23-17-48)39(46-44-35)50-18-24-54-25-19-50/h1-9,26-29H,10-25H2. The van der Waals surface area contributed by atoms with Gasteiger partial charge in [0, 0.05) is 94.5 Å². The molecule has 5 aromatic rings. The number of morpholine rings is 3. The zero-order chi connectivity index (χ0) is 36.1. The molecule has 4 aliphatic rings. The zero-order valence-electron chi connectivity index (χ0n) is 30.5. The van der Waals surface area contributed by atoms with Crippen LogP contribution in [0.3, 0.4) is 0 Å². The summed E-state index contributed by atoms with van der Waals surface area (Å²) in [5.74, 6) is 2.58. The van der Waals surface area contributed by atoms with Crippen LogP contribution in [0.1, 0.15) is 0 Å². The van der Waals surface area contributed by atoms with Crippen LogP contribution in [0.15, 0.2) is 79.1 Å². The van der Waals surface area contributed by atoms with Crippen LogP contribution in [0.25, 0.3) is 33.6 Å². The predicted octanol–water partition coefficient (Wildman–Crippen LogP) is 3.89. The first-order valence-corrected chi connectivity index (χ1v) is 19.0. The second kappa shape index (κ2) is 15.9. The van der Waals surface area contributed by atoms with Gasteiger partial charge in [0.25, 0.3) is 0 Å². The third kappa shape index (κ3) is 7.36. The lowest BCUT2D eigenvalue weighted by atomic mass is 10.0. The number of hydrogen-bond donors (Lipinski definition) is 0. The Hall–Kier alpha value is -5.44. The average molecular weight is 728 g/mol. The van der Waals surface area contributed by atoms with Crippen LogP contribution in [-0.4, -0.2) is 135 Å². The number of hydrogen-bond acceptors (Lipinski definition) is 14. The maximum absolute atomic E-state index is 5.66. The van der Waals surface area contributed by atoms with Gasteiger partial charge in [0.15, 0.2) is 11.6 Å². The molecule has 2 aromatic carbocycles. The van der Waals surface area contributed by atoms with Gasteiger partial charge in [0.05, 0.1) is 62.4 Å². The average Bonchev–Trinajstić information content (AvgIpc) is 3.27. The van der Waals surface area contributed by atoms with Crippen LogP contribution in [0.2, 0.25) is 0 Å². The number of benzene rings is 2. The van der Waals surface area contributed by atoms with Crippen LogP contribution in [0.5, 0.6) is 0 Å². The molecule has 4 aliphatic heterocycles. The van der Waals surface area contributed by atoms with Crippen molar-refractivity contribution in [1.29, 1.82) is 0 Å². The van der Waals surface area contributed by atoms with Crippen LogP contribution < -0.4 is 24.5 Å².